The average molecular weight is 420 g/mol. The predicted octanol–water partition coefficient (Wildman–Crippen LogP) is 8.26. The summed E-state index contributed by atoms with van der Waals surface area (Å²) in [6.45, 7) is 4.66. The smallest absolute Gasteiger partial charge is 0.0622 e. The van der Waals surface area contributed by atoms with Crippen molar-refractivity contribution in [2.75, 3.05) is 0 Å². The first-order valence-electron chi connectivity index (χ1n) is 10.7. The minimum absolute atomic E-state index is 0.126. The van der Waals surface area contributed by atoms with E-state index in [1.54, 1.807) is 0 Å². The highest BCUT2D eigenvalue weighted by Crippen LogP contribution is 2.52. The second kappa shape index (κ2) is 6.60. The standard InChI is InChI=1S/C29H22ClN/c1-29(2)24-14-8-6-12-21(24)27-23-18-19(30)16-17-26(23)31(20-10-4-3-5-11-20)28(27)22-13-7-9-15-25(22)29/h3-18H,1-2H3. The predicted molar refractivity (Wildman–Crippen MR) is 131 cm³/mol. The fourth-order valence-electron chi connectivity index (χ4n) is 5.26. The molecule has 1 aliphatic carbocycles. The Morgan fingerprint density at radius 3 is 2.03 bits per heavy atom. The molecule has 0 saturated carbocycles. The van der Waals surface area contributed by atoms with Gasteiger partial charge in [0.15, 0.2) is 0 Å². The Morgan fingerprint density at radius 2 is 1.29 bits per heavy atom. The summed E-state index contributed by atoms with van der Waals surface area (Å²) in [6.07, 6.45) is 0. The molecule has 5 aromatic rings. The number of para-hydroxylation sites is 1. The first-order valence-corrected chi connectivity index (χ1v) is 11.0. The molecule has 0 unspecified atom stereocenters. The van der Waals surface area contributed by atoms with Gasteiger partial charge in [0.1, 0.15) is 0 Å². The average Bonchev–Trinajstić information content (AvgIpc) is 3.09. The van der Waals surface area contributed by atoms with Crippen molar-refractivity contribution >= 4 is 22.5 Å². The molecule has 150 valence electrons. The van der Waals surface area contributed by atoms with Crippen molar-refractivity contribution in [2.24, 2.45) is 0 Å². The van der Waals surface area contributed by atoms with Crippen LogP contribution in [0.5, 0.6) is 0 Å². The molecular weight excluding hydrogens is 398 g/mol. The number of aromatic nitrogens is 1. The minimum atomic E-state index is -0.126. The van der Waals surface area contributed by atoms with Crippen LogP contribution in [0.15, 0.2) is 97.1 Å². The Bertz CT molecular complexity index is 1460. The molecule has 31 heavy (non-hydrogen) atoms. The number of rotatable bonds is 1. The summed E-state index contributed by atoms with van der Waals surface area (Å²) in [5, 5.41) is 1.95. The lowest BCUT2D eigenvalue weighted by Crippen LogP contribution is -2.20. The molecule has 6 rings (SSSR count). The maximum absolute atomic E-state index is 6.53. The topological polar surface area (TPSA) is 4.93 Å². The molecule has 0 saturated heterocycles. The monoisotopic (exact) mass is 419 g/mol. The number of halogens is 1. The zero-order valence-corrected chi connectivity index (χ0v) is 18.3. The number of hydrogen-bond donors (Lipinski definition) is 0. The van der Waals surface area contributed by atoms with Crippen molar-refractivity contribution in [3.63, 3.8) is 0 Å². The summed E-state index contributed by atoms with van der Waals surface area (Å²) in [4.78, 5) is 0. The fourth-order valence-corrected chi connectivity index (χ4v) is 5.43. The molecule has 0 atom stereocenters. The number of benzene rings is 4. The first kappa shape index (κ1) is 18.5. The van der Waals surface area contributed by atoms with Crippen LogP contribution >= 0.6 is 11.6 Å². The van der Waals surface area contributed by atoms with E-state index in [-0.39, 0.29) is 5.41 Å². The minimum Gasteiger partial charge on any atom is -0.309 e. The van der Waals surface area contributed by atoms with Gasteiger partial charge in [0.2, 0.25) is 0 Å². The number of fused-ring (bicyclic) bond motifs is 7. The van der Waals surface area contributed by atoms with Gasteiger partial charge in [0, 0.05) is 32.6 Å². The Hall–Kier alpha value is -3.29. The molecule has 0 spiro atoms. The third-order valence-corrected chi connectivity index (χ3v) is 6.90. The molecular formula is C29H22ClN. The van der Waals surface area contributed by atoms with Crippen molar-refractivity contribution < 1.29 is 0 Å². The zero-order valence-electron chi connectivity index (χ0n) is 17.6. The van der Waals surface area contributed by atoms with E-state index in [0.717, 1.165) is 10.7 Å². The molecule has 1 aliphatic rings. The molecule has 1 nitrogen and oxygen atoms in total. The number of hydrogen-bond acceptors (Lipinski definition) is 0. The van der Waals surface area contributed by atoms with Gasteiger partial charge in [0.05, 0.1) is 11.2 Å². The Balaban J connectivity index is 1.91. The quantitative estimate of drug-likeness (QED) is 0.257. The third-order valence-electron chi connectivity index (χ3n) is 6.67. The van der Waals surface area contributed by atoms with E-state index in [4.69, 9.17) is 11.6 Å². The summed E-state index contributed by atoms with van der Waals surface area (Å²) >= 11 is 6.53. The summed E-state index contributed by atoms with van der Waals surface area (Å²) in [5.41, 5.74) is 9.93. The summed E-state index contributed by atoms with van der Waals surface area (Å²) in [6, 6.07) is 34.6. The Labute approximate surface area is 187 Å². The molecule has 0 amide bonds. The summed E-state index contributed by atoms with van der Waals surface area (Å²) < 4.78 is 2.40. The highest BCUT2D eigenvalue weighted by atomic mass is 35.5. The SMILES string of the molecule is CC1(C)c2ccccc2-c2c(n(-c3ccccc3)c3ccc(Cl)cc23)-c2ccccc21. The van der Waals surface area contributed by atoms with Gasteiger partial charge in [-0.1, -0.05) is 92.2 Å². The van der Waals surface area contributed by atoms with E-state index in [2.05, 4.69) is 109 Å². The van der Waals surface area contributed by atoms with Crippen LogP contribution in [0.25, 0.3) is 39.0 Å². The van der Waals surface area contributed by atoms with Crippen LogP contribution in [0.3, 0.4) is 0 Å². The normalized spacial score (nSPS) is 13.9. The molecule has 0 fully saturated rings. The van der Waals surface area contributed by atoms with Crippen LogP contribution in [0.2, 0.25) is 5.02 Å². The molecule has 0 radical (unpaired) electrons. The maximum Gasteiger partial charge on any atom is 0.0622 e. The van der Waals surface area contributed by atoms with Gasteiger partial charge in [-0.3, -0.25) is 0 Å². The van der Waals surface area contributed by atoms with Crippen LogP contribution in [0.4, 0.5) is 0 Å². The van der Waals surface area contributed by atoms with Crippen molar-refractivity contribution in [3.8, 4) is 28.1 Å². The van der Waals surface area contributed by atoms with Gasteiger partial charge in [-0.15, -0.1) is 0 Å². The van der Waals surface area contributed by atoms with Crippen molar-refractivity contribution in [1.29, 1.82) is 0 Å². The van der Waals surface area contributed by atoms with Crippen molar-refractivity contribution in [1.82, 2.24) is 4.57 Å². The van der Waals surface area contributed by atoms with Crippen LogP contribution in [0.1, 0.15) is 25.0 Å². The highest BCUT2D eigenvalue weighted by Gasteiger charge is 2.35. The highest BCUT2D eigenvalue weighted by molar-refractivity contribution is 6.31. The molecule has 1 aromatic heterocycles. The largest absolute Gasteiger partial charge is 0.309 e. The zero-order chi connectivity index (χ0) is 21.2. The van der Waals surface area contributed by atoms with Crippen LogP contribution in [0, 0.1) is 0 Å². The van der Waals surface area contributed by atoms with Gasteiger partial charge >= 0.3 is 0 Å². The third kappa shape index (κ3) is 2.57. The second-order valence-corrected chi connectivity index (χ2v) is 9.21. The maximum atomic E-state index is 6.53. The molecule has 0 bridgehead atoms. The van der Waals surface area contributed by atoms with E-state index in [0.29, 0.717) is 0 Å². The molecule has 0 aliphatic heterocycles. The van der Waals surface area contributed by atoms with E-state index < -0.39 is 0 Å². The van der Waals surface area contributed by atoms with Gasteiger partial charge in [-0.25, -0.2) is 0 Å². The molecule has 0 N–H and O–H groups in total. The number of nitrogens with zero attached hydrogens (tertiary/aromatic N) is 1. The van der Waals surface area contributed by atoms with Crippen molar-refractivity contribution in [3.05, 3.63) is 113 Å². The van der Waals surface area contributed by atoms with E-state index in [9.17, 15) is 0 Å². The second-order valence-electron chi connectivity index (χ2n) is 8.77. The van der Waals surface area contributed by atoms with Crippen LogP contribution < -0.4 is 0 Å². The summed E-state index contributed by atoms with van der Waals surface area (Å²) in [7, 11) is 0. The van der Waals surface area contributed by atoms with Crippen LogP contribution in [-0.4, -0.2) is 4.57 Å². The first-order chi connectivity index (χ1) is 15.1. The molecule has 1 heterocycles. The van der Waals surface area contributed by atoms with E-state index in [1.165, 1.54) is 44.4 Å². The Kier molecular flexibility index (Phi) is 3.94. The molecule has 4 aromatic carbocycles. The summed E-state index contributed by atoms with van der Waals surface area (Å²) in [5.74, 6) is 0. The van der Waals surface area contributed by atoms with Gasteiger partial charge in [-0.2, -0.15) is 0 Å². The van der Waals surface area contributed by atoms with E-state index in [1.807, 2.05) is 6.07 Å². The van der Waals surface area contributed by atoms with Crippen LogP contribution in [-0.2, 0) is 5.41 Å². The van der Waals surface area contributed by atoms with Gasteiger partial charge in [-0.05, 0) is 47.0 Å². The lowest BCUT2D eigenvalue weighted by Gasteiger charge is -2.28. The van der Waals surface area contributed by atoms with E-state index >= 15 is 0 Å². The fraction of sp³-hybridized carbons (Fsp3) is 0.103. The van der Waals surface area contributed by atoms with Gasteiger partial charge in [0.25, 0.3) is 0 Å². The lowest BCUT2D eigenvalue weighted by atomic mass is 9.75. The molecule has 2 heteroatoms. The lowest BCUT2D eigenvalue weighted by molar-refractivity contribution is 0.646. The van der Waals surface area contributed by atoms with Crippen molar-refractivity contribution in [2.45, 2.75) is 19.3 Å². The van der Waals surface area contributed by atoms with Gasteiger partial charge < -0.3 is 4.57 Å². The Morgan fingerprint density at radius 1 is 0.677 bits per heavy atom.